The monoisotopic (exact) mass is 774 g/mol. The summed E-state index contributed by atoms with van der Waals surface area (Å²) in [6.07, 6.45) is 16.5. The lowest BCUT2D eigenvalue weighted by molar-refractivity contribution is -0.672. The van der Waals surface area contributed by atoms with Gasteiger partial charge in [-0.2, -0.15) is 4.57 Å². The number of carbonyl (C=O) groups is 1. The first kappa shape index (κ1) is 35.8. The number of benzene rings is 3. The maximum absolute atomic E-state index is 11.1. The number of allylic oxidation sites excluding steroid dienone is 7. The van der Waals surface area contributed by atoms with E-state index < -0.39 is 5.97 Å². The highest BCUT2D eigenvalue weighted by atomic mass is 127. The van der Waals surface area contributed by atoms with Gasteiger partial charge in [0.25, 0.3) is 0 Å². The van der Waals surface area contributed by atoms with Crippen LogP contribution in [-0.2, 0) is 16.8 Å². The van der Waals surface area contributed by atoms with E-state index in [-0.39, 0.29) is 42.4 Å². The molecule has 0 spiro atoms. The second-order valence-electron chi connectivity index (χ2n) is 13.1. The first-order valence-electron chi connectivity index (χ1n) is 16.8. The summed E-state index contributed by atoms with van der Waals surface area (Å²) in [6, 6.07) is 23.5. The Labute approximate surface area is 305 Å². The molecule has 0 unspecified atom stereocenters. The Balaban J connectivity index is 0.00000451. The average Bonchev–Trinajstić information content (AvgIpc) is 3.29. The fourth-order valence-electron chi connectivity index (χ4n) is 7.33. The van der Waals surface area contributed by atoms with Crippen molar-refractivity contribution in [1.29, 1.82) is 0 Å². The summed E-state index contributed by atoms with van der Waals surface area (Å²) in [4.78, 5) is 13.5. The molecule has 0 saturated carbocycles. The standard InChI is InChI=1S/C41H43ClN2O3.HI/c1-41(2)37(44(25-9-3-4-17-38(46)47)36-22-20-29-11-5-6-15-34(29)39(36)41)23-21-32-13-10-12-31(40(32)42)19-18-30-24-26-43(27-28-45)35-16-8-7-14-33(30)35;/h5-8,11,14-16,18-24,26,45H,3-4,9-10,12-13,17,25,27-28H2,1-2H3;1H. The number of halogens is 2. The highest BCUT2D eigenvalue weighted by Crippen LogP contribution is 2.51. The Kier molecular flexibility index (Phi) is 11.8. The summed E-state index contributed by atoms with van der Waals surface area (Å²) in [5.74, 6) is -0.730. The van der Waals surface area contributed by atoms with Crippen molar-refractivity contribution in [3.8, 4) is 0 Å². The fraction of sp³-hybridized carbons (Fsp3) is 0.317. The maximum atomic E-state index is 11.1. The van der Waals surface area contributed by atoms with Gasteiger partial charge < -0.3 is 39.1 Å². The first-order valence-corrected chi connectivity index (χ1v) is 17.2. The van der Waals surface area contributed by atoms with Gasteiger partial charge in [0.05, 0.1) is 5.39 Å². The second kappa shape index (κ2) is 15.8. The lowest BCUT2D eigenvalue weighted by Gasteiger charge is -2.27. The second-order valence-corrected chi connectivity index (χ2v) is 13.5. The predicted molar refractivity (Wildman–Crippen MR) is 194 cm³/mol. The number of hydrogen-bond donors (Lipinski definition) is 2. The molecule has 7 heteroatoms. The number of aliphatic hydroxyl groups is 1. The summed E-state index contributed by atoms with van der Waals surface area (Å²) in [7, 11) is 0. The van der Waals surface area contributed by atoms with Gasteiger partial charge in [0.2, 0.25) is 5.52 Å². The van der Waals surface area contributed by atoms with Gasteiger partial charge in [-0.15, -0.1) is 0 Å². The van der Waals surface area contributed by atoms with Gasteiger partial charge in [0.1, 0.15) is 6.61 Å². The summed E-state index contributed by atoms with van der Waals surface area (Å²) >= 11 is 7.14. The molecule has 6 rings (SSSR count). The molecule has 1 aromatic heterocycles. The van der Waals surface area contributed by atoms with Crippen molar-refractivity contribution in [3.63, 3.8) is 0 Å². The van der Waals surface area contributed by atoms with Crippen LogP contribution in [0.15, 0.2) is 113 Å². The number of para-hydroxylation sites is 1. The number of anilines is 1. The number of hydrogen-bond acceptors (Lipinski definition) is 3. The van der Waals surface area contributed by atoms with E-state index in [1.54, 1.807) is 0 Å². The third-order valence-corrected chi connectivity index (χ3v) is 10.2. The van der Waals surface area contributed by atoms with Gasteiger partial charge in [-0.1, -0.05) is 92.6 Å². The normalized spacial score (nSPS) is 17.5. The lowest BCUT2D eigenvalue weighted by atomic mass is 9.81. The summed E-state index contributed by atoms with van der Waals surface area (Å²) in [5.41, 5.74) is 8.13. The van der Waals surface area contributed by atoms with E-state index >= 15 is 0 Å². The SMILES string of the molecule is CC1(C)/C(=C/C=C2\CCCC(/C=C/c3cc[n+](CCO)c4ccccc34)=C2Cl)N(CCCCCC(=O)O)c2ccc3ccccc3c21.[I-]. The summed E-state index contributed by atoms with van der Waals surface area (Å²) in [6.45, 7) is 6.12. The van der Waals surface area contributed by atoms with E-state index in [2.05, 4.69) is 108 Å². The van der Waals surface area contributed by atoms with E-state index in [4.69, 9.17) is 16.7 Å². The first-order chi connectivity index (χ1) is 22.8. The van der Waals surface area contributed by atoms with Gasteiger partial charge >= 0.3 is 5.97 Å². The molecule has 2 heterocycles. The zero-order valence-corrected chi connectivity index (χ0v) is 30.7. The van der Waals surface area contributed by atoms with Gasteiger partial charge in [-0.25, -0.2) is 0 Å². The van der Waals surface area contributed by atoms with Crippen LogP contribution >= 0.6 is 11.6 Å². The summed E-state index contributed by atoms with van der Waals surface area (Å²) in [5, 5.41) is 23.1. The number of pyridine rings is 1. The van der Waals surface area contributed by atoms with Gasteiger partial charge in [-0.3, -0.25) is 4.79 Å². The van der Waals surface area contributed by atoms with Crippen LogP contribution in [0.3, 0.4) is 0 Å². The topological polar surface area (TPSA) is 64.7 Å². The molecule has 5 nitrogen and oxygen atoms in total. The van der Waals surface area contributed by atoms with Crippen molar-refractivity contribution in [2.24, 2.45) is 0 Å². The fourth-order valence-corrected chi connectivity index (χ4v) is 7.65. The maximum Gasteiger partial charge on any atom is 0.303 e. The lowest BCUT2D eigenvalue weighted by Crippen LogP contribution is -3.00. The van der Waals surface area contributed by atoms with E-state index in [0.29, 0.717) is 13.0 Å². The van der Waals surface area contributed by atoms with Crippen LogP contribution < -0.4 is 33.4 Å². The van der Waals surface area contributed by atoms with Crippen molar-refractivity contribution >= 4 is 51.0 Å². The van der Waals surface area contributed by atoms with E-state index in [1.807, 2.05) is 12.3 Å². The minimum absolute atomic E-state index is 0. The smallest absolute Gasteiger partial charge is 0.303 e. The van der Waals surface area contributed by atoms with Gasteiger partial charge in [0, 0.05) is 46.9 Å². The number of aromatic nitrogens is 1. The molecule has 3 aromatic carbocycles. The molecule has 0 bridgehead atoms. The van der Waals surface area contributed by atoms with Crippen LogP contribution in [-0.4, -0.2) is 29.3 Å². The Hall–Kier alpha value is -3.46. The molecule has 250 valence electrons. The number of fused-ring (bicyclic) bond motifs is 4. The largest absolute Gasteiger partial charge is 1.00 e. The minimum Gasteiger partial charge on any atom is -1.00 e. The zero-order chi connectivity index (χ0) is 33.0. The number of aliphatic hydroxyl groups excluding tert-OH is 1. The van der Waals surface area contributed by atoms with Crippen molar-refractivity contribution < 1.29 is 43.6 Å². The van der Waals surface area contributed by atoms with Crippen molar-refractivity contribution in [2.45, 2.75) is 70.8 Å². The van der Waals surface area contributed by atoms with Gasteiger partial charge in [0.15, 0.2) is 12.7 Å². The summed E-state index contributed by atoms with van der Waals surface area (Å²) < 4.78 is 2.08. The predicted octanol–water partition coefficient (Wildman–Crippen LogP) is 6.22. The molecule has 0 saturated heterocycles. The third kappa shape index (κ3) is 7.41. The Morgan fingerprint density at radius 2 is 1.71 bits per heavy atom. The number of nitrogens with zero attached hydrogens (tertiary/aromatic N) is 2. The van der Waals surface area contributed by atoms with Crippen LogP contribution in [0.1, 0.15) is 69.9 Å². The van der Waals surface area contributed by atoms with Crippen molar-refractivity contribution in [2.75, 3.05) is 18.1 Å². The van der Waals surface area contributed by atoms with E-state index in [9.17, 15) is 9.90 Å². The number of carboxylic acids is 1. The number of unbranched alkanes of at least 4 members (excludes halogenated alkanes) is 2. The molecular weight excluding hydrogens is 731 g/mol. The van der Waals surface area contributed by atoms with Crippen LogP contribution in [0.2, 0.25) is 0 Å². The Bertz CT molecular complexity index is 1940. The molecule has 0 atom stereocenters. The van der Waals surface area contributed by atoms with Crippen molar-refractivity contribution in [1.82, 2.24) is 0 Å². The third-order valence-electron chi connectivity index (χ3n) is 9.69. The van der Waals surface area contributed by atoms with Crippen LogP contribution in [0.4, 0.5) is 5.69 Å². The molecule has 2 N–H and O–H groups in total. The van der Waals surface area contributed by atoms with Crippen LogP contribution in [0.5, 0.6) is 0 Å². The number of carboxylic acid groups (broad SMARTS) is 1. The molecule has 4 aromatic rings. The molecule has 48 heavy (non-hydrogen) atoms. The molecular formula is C41H44ClIN2O3. The zero-order valence-electron chi connectivity index (χ0n) is 27.8. The quantitative estimate of drug-likeness (QED) is 0.108. The van der Waals surface area contributed by atoms with E-state index in [0.717, 1.165) is 71.3 Å². The number of aliphatic carboxylic acids is 1. The number of rotatable bonds is 11. The molecule has 2 aliphatic rings. The molecule has 0 amide bonds. The van der Waals surface area contributed by atoms with Crippen LogP contribution in [0, 0.1) is 0 Å². The highest BCUT2D eigenvalue weighted by molar-refractivity contribution is 6.32. The van der Waals surface area contributed by atoms with E-state index in [1.165, 1.54) is 27.7 Å². The molecule has 0 radical (unpaired) electrons. The Morgan fingerprint density at radius 1 is 0.938 bits per heavy atom. The molecule has 1 aliphatic heterocycles. The molecule has 0 fully saturated rings. The van der Waals surface area contributed by atoms with Crippen molar-refractivity contribution in [3.05, 3.63) is 124 Å². The van der Waals surface area contributed by atoms with Crippen LogP contribution in [0.25, 0.3) is 27.8 Å². The molecule has 1 aliphatic carbocycles. The minimum atomic E-state index is -0.730. The highest BCUT2D eigenvalue weighted by Gasteiger charge is 2.40. The van der Waals surface area contributed by atoms with Gasteiger partial charge in [-0.05, 0) is 83.4 Å². The average molecular weight is 775 g/mol. The Morgan fingerprint density at radius 3 is 2.50 bits per heavy atom.